The zero-order valence-electron chi connectivity index (χ0n) is 14.4. The fourth-order valence-electron chi connectivity index (χ4n) is 3.78. The molecule has 1 aromatic heterocycles. The molecule has 1 saturated heterocycles. The number of rotatable bonds is 3. The van der Waals surface area contributed by atoms with Gasteiger partial charge in [0.05, 0.1) is 11.1 Å². The van der Waals surface area contributed by atoms with Crippen molar-refractivity contribution in [3.05, 3.63) is 63.8 Å². The maximum atomic E-state index is 11.8. The van der Waals surface area contributed by atoms with Crippen LogP contribution in [0.3, 0.4) is 0 Å². The molecule has 4 nitrogen and oxygen atoms in total. The predicted octanol–water partition coefficient (Wildman–Crippen LogP) is 5.80. The first kappa shape index (κ1) is 18.2. The number of aromatic nitrogens is 1. The van der Waals surface area contributed by atoms with Crippen LogP contribution in [-0.4, -0.2) is 29.3 Å². The molecule has 3 aromatic rings. The van der Waals surface area contributed by atoms with Gasteiger partial charge in [-0.15, -0.1) is 0 Å². The lowest BCUT2D eigenvalue weighted by Gasteiger charge is -2.25. The van der Waals surface area contributed by atoms with Gasteiger partial charge < -0.3 is 9.84 Å². The number of pyridine rings is 1. The van der Waals surface area contributed by atoms with Crippen molar-refractivity contribution in [1.82, 2.24) is 4.98 Å². The minimum atomic E-state index is -0.956. The van der Waals surface area contributed by atoms with Gasteiger partial charge in [0.25, 0.3) is 0 Å². The number of carbonyl (C=O) groups is 1. The number of hydrogen-bond donors (Lipinski definition) is 1. The van der Waals surface area contributed by atoms with Gasteiger partial charge in [0, 0.05) is 40.4 Å². The number of ether oxygens (including phenoxy) is 1. The third-order valence-corrected chi connectivity index (χ3v) is 5.41. The molecule has 0 radical (unpaired) electrons. The van der Waals surface area contributed by atoms with E-state index in [0.717, 1.165) is 40.4 Å². The van der Waals surface area contributed by atoms with Crippen LogP contribution >= 0.6 is 23.2 Å². The van der Waals surface area contributed by atoms with E-state index in [0.29, 0.717) is 23.3 Å². The molecule has 2 heterocycles. The molecule has 0 aliphatic carbocycles. The van der Waals surface area contributed by atoms with Crippen LogP contribution < -0.4 is 0 Å². The number of fused-ring (bicyclic) bond motifs is 1. The minimum Gasteiger partial charge on any atom is -0.478 e. The zero-order valence-corrected chi connectivity index (χ0v) is 15.9. The Morgan fingerprint density at radius 3 is 2.48 bits per heavy atom. The molecule has 2 aromatic carbocycles. The number of hydrogen-bond acceptors (Lipinski definition) is 3. The van der Waals surface area contributed by atoms with E-state index >= 15 is 0 Å². The van der Waals surface area contributed by atoms with Crippen LogP contribution in [0.5, 0.6) is 0 Å². The smallest absolute Gasteiger partial charge is 0.337 e. The highest BCUT2D eigenvalue weighted by molar-refractivity contribution is 6.35. The summed E-state index contributed by atoms with van der Waals surface area (Å²) in [5, 5.41) is 11.7. The summed E-state index contributed by atoms with van der Waals surface area (Å²) in [5.41, 5.74) is 3.58. The maximum absolute atomic E-state index is 11.8. The van der Waals surface area contributed by atoms with Gasteiger partial charge in [0.15, 0.2) is 0 Å². The van der Waals surface area contributed by atoms with Crippen molar-refractivity contribution >= 4 is 40.1 Å². The van der Waals surface area contributed by atoms with Gasteiger partial charge in [-0.1, -0.05) is 41.4 Å². The van der Waals surface area contributed by atoms with E-state index in [1.165, 1.54) is 6.20 Å². The number of carboxylic acids is 1. The lowest BCUT2D eigenvalue weighted by molar-refractivity contribution is 0.0685. The number of carboxylic acid groups (broad SMARTS) is 1. The van der Waals surface area contributed by atoms with E-state index in [1.54, 1.807) is 6.07 Å². The second-order valence-electron chi connectivity index (χ2n) is 6.64. The van der Waals surface area contributed by atoms with Gasteiger partial charge >= 0.3 is 5.97 Å². The number of nitrogens with zero attached hydrogens (tertiary/aromatic N) is 1. The summed E-state index contributed by atoms with van der Waals surface area (Å²) in [6.45, 7) is 1.27. The molecule has 0 unspecified atom stereocenters. The minimum absolute atomic E-state index is 0.133. The molecule has 0 atom stereocenters. The summed E-state index contributed by atoms with van der Waals surface area (Å²) in [7, 11) is 0. The van der Waals surface area contributed by atoms with Gasteiger partial charge in [0.2, 0.25) is 0 Å². The molecule has 0 spiro atoms. The summed E-state index contributed by atoms with van der Waals surface area (Å²) in [4.78, 5) is 16.3. The molecule has 1 aliphatic rings. The number of para-hydroxylation sites is 1. The van der Waals surface area contributed by atoms with Crippen LogP contribution in [0.1, 0.15) is 34.7 Å². The molecular weight excluding hydrogens is 385 g/mol. The quantitative estimate of drug-likeness (QED) is 0.602. The molecule has 0 amide bonds. The normalized spacial score (nSPS) is 15.2. The van der Waals surface area contributed by atoms with E-state index in [-0.39, 0.29) is 11.5 Å². The Bertz CT molecular complexity index is 1010. The fourth-order valence-corrected chi connectivity index (χ4v) is 4.31. The van der Waals surface area contributed by atoms with Crippen molar-refractivity contribution < 1.29 is 14.6 Å². The third-order valence-electron chi connectivity index (χ3n) is 4.97. The Hall–Kier alpha value is -2.14. The topological polar surface area (TPSA) is 59.4 Å². The number of aromatic carboxylic acids is 1. The largest absolute Gasteiger partial charge is 0.478 e. The van der Waals surface area contributed by atoms with Crippen LogP contribution in [0, 0.1) is 0 Å². The summed E-state index contributed by atoms with van der Waals surface area (Å²) in [6, 6.07) is 11.2. The van der Waals surface area contributed by atoms with Gasteiger partial charge in [-0.3, -0.25) is 4.98 Å². The van der Waals surface area contributed by atoms with Gasteiger partial charge in [0.1, 0.15) is 0 Å². The zero-order chi connectivity index (χ0) is 19.0. The first-order valence-corrected chi connectivity index (χ1v) is 9.49. The monoisotopic (exact) mass is 401 g/mol. The molecule has 6 heteroatoms. The molecule has 0 saturated carbocycles. The van der Waals surface area contributed by atoms with Crippen LogP contribution in [0.4, 0.5) is 0 Å². The third kappa shape index (κ3) is 3.53. The molecule has 0 bridgehead atoms. The molecule has 4 rings (SSSR count). The van der Waals surface area contributed by atoms with Crippen LogP contribution in [0.15, 0.2) is 42.6 Å². The Labute approximate surface area is 166 Å². The second-order valence-corrected chi connectivity index (χ2v) is 7.51. The summed E-state index contributed by atoms with van der Waals surface area (Å²) in [6.07, 6.45) is 3.06. The van der Waals surface area contributed by atoms with E-state index in [1.807, 2.05) is 30.3 Å². The molecule has 138 valence electrons. The maximum Gasteiger partial charge on any atom is 0.337 e. The number of halogens is 2. The fraction of sp³-hybridized carbons (Fsp3) is 0.238. The first-order chi connectivity index (χ1) is 13.0. The molecule has 27 heavy (non-hydrogen) atoms. The van der Waals surface area contributed by atoms with Crippen LogP contribution in [-0.2, 0) is 4.74 Å². The molecule has 1 aliphatic heterocycles. The number of benzene rings is 2. The summed E-state index contributed by atoms with van der Waals surface area (Å²) < 4.78 is 5.46. The van der Waals surface area contributed by atoms with Gasteiger partial charge in [-0.05, 0) is 48.1 Å². The van der Waals surface area contributed by atoms with Crippen molar-refractivity contribution in [2.24, 2.45) is 0 Å². The highest BCUT2D eigenvalue weighted by atomic mass is 35.5. The average Bonchev–Trinajstić information content (AvgIpc) is 2.66. The molecular formula is C21H17Cl2NO3. The highest BCUT2D eigenvalue weighted by Crippen LogP contribution is 2.38. The molecule has 1 N–H and O–H groups in total. The van der Waals surface area contributed by atoms with Crippen molar-refractivity contribution in [1.29, 1.82) is 0 Å². The highest BCUT2D eigenvalue weighted by Gasteiger charge is 2.25. The van der Waals surface area contributed by atoms with E-state index in [9.17, 15) is 9.90 Å². The summed E-state index contributed by atoms with van der Waals surface area (Å²) in [5.74, 6) is -0.823. The van der Waals surface area contributed by atoms with E-state index < -0.39 is 5.97 Å². The lowest BCUT2D eigenvalue weighted by atomic mass is 9.85. The van der Waals surface area contributed by atoms with E-state index in [2.05, 4.69) is 4.98 Å². The second kappa shape index (κ2) is 7.47. The van der Waals surface area contributed by atoms with Crippen molar-refractivity contribution in [2.45, 2.75) is 18.8 Å². The summed E-state index contributed by atoms with van der Waals surface area (Å²) >= 11 is 12.3. The first-order valence-electron chi connectivity index (χ1n) is 8.73. The Morgan fingerprint density at radius 1 is 1.11 bits per heavy atom. The van der Waals surface area contributed by atoms with Crippen LogP contribution in [0.25, 0.3) is 22.0 Å². The Kier molecular flexibility index (Phi) is 5.04. The average molecular weight is 402 g/mol. The van der Waals surface area contributed by atoms with Gasteiger partial charge in [-0.2, -0.15) is 0 Å². The van der Waals surface area contributed by atoms with Crippen LogP contribution in [0.2, 0.25) is 10.0 Å². The molecule has 1 fully saturated rings. The Balaban J connectivity index is 1.98. The van der Waals surface area contributed by atoms with Crippen molar-refractivity contribution in [2.75, 3.05) is 13.2 Å². The van der Waals surface area contributed by atoms with Crippen molar-refractivity contribution in [3.8, 4) is 11.1 Å². The van der Waals surface area contributed by atoms with Gasteiger partial charge in [-0.25, -0.2) is 4.79 Å². The SMILES string of the molecule is O=C(O)c1cnc2c(-c3cc(Cl)cc(Cl)c3)cccc2c1C1CCOCC1. The Morgan fingerprint density at radius 2 is 1.81 bits per heavy atom. The standard InChI is InChI=1S/C21H17Cl2NO3/c22-14-8-13(9-15(23)10-14)16-2-1-3-17-19(12-4-6-27-7-5-12)18(21(25)26)11-24-20(16)17/h1-3,8-12H,4-7H2,(H,25,26). The van der Waals surface area contributed by atoms with E-state index in [4.69, 9.17) is 27.9 Å². The predicted molar refractivity (Wildman–Crippen MR) is 107 cm³/mol. The van der Waals surface area contributed by atoms with Crippen molar-refractivity contribution in [3.63, 3.8) is 0 Å². The lowest BCUT2D eigenvalue weighted by Crippen LogP contribution is -2.17.